The summed E-state index contributed by atoms with van der Waals surface area (Å²) in [5, 5.41) is 19.4. The number of H-pyrrole nitrogens is 1. The van der Waals surface area contributed by atoms with E-state index in [4.69, 9.17) is 0 Å². The minimum absolute atomic E-state index is 0.0265. The summed E-state index contributed by atoms with van der Waals surface area (Å²) in [6, 6.07) is 18.1. The van der Waals surface area contributed by atoms with E-state index in [9.17, 15) is 14.7 Å². The van der Waals surface area contributed by atoms with E-state index >= 15 is 0 Å². The largest absolute Gasteiger partial charge is 0.508 e. The van der Waals surface area contributed by atoms with E-state index in [1.807, 2.05) is 30.3 Å². The van der Waals surface area contributed by atoms with Crippen LogP contribution in [0.4, 0.5) is 0 Å². The number of aromatic hydroxyl groups is 1. The second-order valence-corrected chi connectivity index (χ2v) is 6.24. The Morgan fingerprint density at radius 3 is 2.56 bits per heavy atom. The van der Waals surface area contributed by atoms with Crippen LogP contribution in [0.5, 0.6) is 5.75 Å². The zero-order valence-corrected chi connectivity index (χ0v) is 14.8. The lowest BCUT2D eigenvalue weighted by Gasteiger charge is -2.05. The van der Waals surface area contributed by atoms with Gasteiger partial charge in [-0.2, -0.15) is 5.10 Å². The molecule has 6 nitrogen and oxygen atoms in total. The van der Waals surface area contributed by atoms with Crippen molar-refractivity contribution >= 4 is 11.7 Å². The smallest absolute Gasteiger partial charge is 0.269 e. The number of hydrogen-bond donors (Lipinski definition) is 3. The highest BCUT2D eigenvalue weighted by molar-refractivity contribution is 5.93. The van der Waals surface area contributed by atoms with Crippen LogP contribution in [0.15, 0.2) is 60.7 Å². The molecule has 3 N–H and O–H groups in total. The van der Waals surface area contributed by atoms with Gasteiger partial charge in [0.2, 0.25) is 0 Å². The van der Waals surface area contributed by atoms with Crippen LogP contribution in [0, 0.1) is 0 Å². The monoisotopic (exact) mass is 363 g/mol. The van der Waals surface area contributed by atoms with E-state index in [-0.39, 0.29) is 23.9 Å². The van der Waals surface area contributed by atoms with Gasteiger partial charge in [0.25, 0.3) is 5.91 Å². The van der Waals surface area contributed by atoms with Crippen molar-refractivity contribution in [3.8, 4) is 17.0 Å². The number of aromatic amines is 1. The lowest BCUT2D eigenvalue weighted by atomic mass is 10.0. The van der Waals surface area contributed by atoms with E-state index < -0.39 is 0 Å². The number of aromatic nitrogens is 2. The molecule has 3 aromatic rings. The summed E-state index contributed by atoms with van der Waals surface area (Å²) < 4.78 is 0. The van der Waals surface area contributed by atoms with Crippen molar-refractivity contribution in [2.45, 2.75) is 19.3 Å². The highest BCUT2D eigenvalue weighted by atomic mass is 16.3. The van der Waals surface area contributed by atoms with Crippen molar-refractivity contribution in [2.75, 3.05) is 6.54 Å². The average molecular weight is 363 g/mol. The first-order valence-electron chi connectivity index (χ1n) is 8.81. The van der Waals surface area contributed by atoms with E-state index in [0.29, 0.717) is 36.3 Å². The predicted octanol–water partition coefficient (Wildman–Crippen LogP) is 3.10. The number of ketones is 1. The molecular weight excluding hydrogens is 342 g/mol. The van der Waals surface area contributed by atoms with Crippen molar-refractivity contribution in [2.24, 2.45) is 0 Å². The van der Waals surface area contributed by atoms with Gasteiger partial charge in [-0.1, -0.05) is 48.5 Å². The van der Waals surface area contributed by atoms with E-state index in [0.717, 1.165) is 5.56 Å². The molecule has 6 heteroatoms. The van der Waals surface area contributed by atoms with E-state index in [1.165, 1.54) is 0 Å². The summed E-state index contributed by atoms with van der Waals surface area (Å²) in [5.74, 6) is -0.0934. The molecule has 0 fully saturated rings. The molecule has 0 aliphatic carbocycles. The molecule has 27 heavy (non-hydrogen) atoms. The number of hydrogen-bond acceptors (Lipinski definition) is 4. The number of carbonyl (C=O) groups excluding carboxylic acids is 2. The van der Waals surface area contributed by atoms with Crippen molar-refractivity contribution in [1.29, 1.82) is 0 Å². The lowest BCUT2D eigenvalue weighted by molar-refractivity contribution is -0.118. The second kappa shape index (κ2) is 8.80. The van der Waals surface area contributed by atoms with Crippen LogP contribution >= 0.6 is 0 Å². The maximum absolute atomic E-state index is 12.2. The zero-order chi connectivity index (χ0) is 19.1. The SMILES string of the molecule is O=C(CCCNC(=O)c1cc(-c2ccccc2)n[nH]1)Cc1ccccc1O. The van der Waals surface area contributed by atoms with Gasteiger partial charge < -0.3 is 10.4 Å². The van der Waals surface area contributed by atoms with E-state index in [1.54, 1.807) is 30.3 Å². The Morgan fingerprint density at radius 1 is 1.04 bits per heavy atom. The second-order valence-electron chi connectivity index (χ2n) is 6.24. The number of nitrogens with zero attached hydrogens (tertiary/aromatic N) is 1. The zero-order valence-electron chi connectivity index (χ0n) is 14.8. The number of carbonyl (C=O) groups is 2. The fourth-order valence-corrected chi connectivity index (χ4v) is 2.74. The predicted molar refractivity (Wildman–Crippen MR) is 102 cm³/mol. The van der Waals surface area contributed by atoms with E-state index in [2.05, 4.69) is 15.5 Å². The fourth-order valence-electron chi connectivity index (χ4n) is 2.74. The third-order valence-electron chi connectivity index (χ3n) is 4.19. The quantitative estimate of drug-likeness (QED) is 0.536. The summed E-state index contributed by atoms with van der Waals surface area (Å²) in [7, 11) is 0. The molecular formula is C21H21N3O3. The maximum Gasteiger partial charge on any atom is 0.269 e. The number of benzene rings is 2. The van der Waals surface area contributed by atoms with Crippen molar-refractivity contribution in [3.05, 3.63) is 71.9 Å². The topological polar surface area (TPSA) is 95.1 Å². The van der Waals surface area contributed by atoms with Crippen LogP contribution in [-0.2, 0) is 11.2 Å². The van der Waals surface area contributed by atoms with Crippen LogP contribution in [0.3, 0.4) is 0 Å². The Morgan fingerprint density at radius 2 is 1.78 bits per heavy atom. The van der Waals surface area contributed by atoms with Crippen LogP contribution in [0.2, 0.25) is 0 Å². The van der Waals surface area contributed by atoms with Crippen LogP contribution < -0.4 is 5.32 Å². The first-order valence-corrected chi connectivity index (χ1v) is 8.81. The molecule has 1 aromatic heterocycles. The highest BCUT2D eigenvalue weighted by Gasteiger charge is 2.11. The van der Waals surface area contributed by atoms with Gasteiger partial charge >= 0.3 is 0 Å². The third kappa shape index (κ3) is 5.04. The molecule has 0 saturated heterocycles. The van der Waals surface area contributed by atoms with Gasteiger partial charge in [0, 0.05) is 30.5 Å². The number of phenolic OH excluding ortho intramolecular Hbond substituents is 1. The summed E-state index contributed by atoms with van der Waals surface area (Å²) in [6.45, 7) is 0.394. The average Bonchev–Trinajstić information content (AvgIpc) is 3.18. The van der Waals surface area contributed by atoms with Crippen molar-refractivity contribution in [3.63, 3.8) is 0 Å². The van der Waals surface area contributed by atoms with Crippen LogP contribution in [-0.4, -0.2) is 33.5 Å². The number of rotatable bonds is 8. The minimum Gasteiger partial charge on any atom is -0.508 e. The van der Waals surface area contributed by atoms with Gasteiger partial charge in [-0.3, -0.25) is 14.7 Å². The molecule has 138 valence electrons. The normalized spacial score (nSPS) is 10.5. The maximum atomic E-state index is 12.2. The molecule has 0 radical (unpaired) electrons. The van der Waals surface area contributed by atoms with Crippen molar-refractivity contribution in [1.82, 2.24) is 15.5 Å². The third-order valence-corrected chi connectivity index (χ3v) is 4.19. The van der Waals surface area contributed by atoms with Crippen LogP contribution in [0.25, 0.3) is 11.3 Å². The molecule has 0 aliphatic heterocycles. The molecule has 0 spiro atoms. The number of nitrogens with one attached hydrogen (secondary N) is 2. The Balaban J connectivity index is 1.43. The first kappa shape index (κ1) is 18.4. The molecule has 1 amide bonds. The summed E-state index contributed by atoms with van der Waals surface area (Å²) in [6.07, 6.45) is 1.08. The summed E-state index contributed by atoms with van der Waals surface area (Å²) >= 11 is 0. The van der Waals surface area contributed by atoms with Gasteiger partial charge in [-0.15, -0.1) is 0 Å². The number of para-hydroxylation sites is 1. The Labute approximate surface area is 157 Å². The van der Waals surface area contributed by atoms with Gasteiger partial charge in [-0.25, -0.2) is 0 Å². The van der Waals surface area contributed by atoms with Gasteiger partial charge in [0.15, 0.2) is 0 Å². The lowest BCUT2D eigenvalue weighted by Crippen LogP contribution is -2.25. The molecule has 3 rings (SSSR count). The molecule has 0 bridgehead atoms. The summed E-state index contributed by atoms with van der Waals surface area (Å²) in [5.41, 5.74) is 2.65. The Hall–Kier alpha value is -3.41. The van der Waals surface area contributed by atoms with Gasteiger partial charge in [-0.05, 0) is 18.6 Å². The Bertz CT molecular complexity index is 919. The molecule has 2 aromatic carbocycles. The molecule has 0 atom stereocenters. The molecule has 0 aliphatic rings. The van der Waals surface area contributed by atoms with Crippen molar-refractivity contribution < 1.29 is 14.7 Å². The molecule has 0 saturated carbocycles. The number of Topliss-reactive ketones (excluding diaryl/α,β-unsaturated/α-hetero) is 1. The number of phenols is 1. The highest BCUT2D eigenvalue weighted by Crippen LogP contribution is 2.18. The standard InChI is InChI=1S/C21H21N3O3/c25-17(13-16-9-4-5-11-20(16)26)10-6-12-22-21(27)19-14-18(23-24-19)15-7-2-1-3-8-15/h1-5,7-9,11,14,26H,6,10,12-13H2,(H,22,27)(H,23,24). The van der Waals surface area contributed by atoms with Gasteiger partial charge in [0.05, 0.1) is 5.69 Å². The first-order chi connectivity index (χ1) is 13.1. The van der Waals surface area contributed by atoms with Gasteiger partial charge in [0.1, 0.15) is 17.2 Å². The minimum atomic E-state index is -0.252. The fraction of sp³-hybridized carbons (Fsp3) is 0.190. The number of amides is 1. The van der Waals surface area contributed by atoms with Crippen LogP contribution in [0.1, 0.15) is 28.9 Å². The Kier molecular flexibility index (Phi) is 5.99. The molecule has 1 heterocycles. The molecule has 0 unspecified atom stereocenters. The summed E-state index contributed by atoms with van der Waals surface area (Å²) in [4.78, 5) is 24.2.